The fourth-order valence-electron chi connectivity index (χ4n) is 2.92. The van der Waals surface area contributed by atoms with E-state index in [0.717, 1.165) is 45.1 Å². The lowest BCUT2D eigenvalue weighted by molar-refractivity contribution is -0.124. The highest BCUT2D eigenvalue weighted by atomic mass is 16.5. The zero-order valence-corrected chi connectivity index (χ0v) is 11.6. The van der Waals surface area contributed by atoms with Crippen LogP contribution in [0.4, 0.5) is 0 Å². The Morgan fingerprint density at radius 3 is 2.61 bits per heavy atom. The summed E-state index contributed by atoms with van der Waals surface area (Å²) in [7, 11) is 0. The third-order valence-electron chi connectivity index (χ3n) is 4.65. The molecule has 2 saturated heterocycles. The van der Waals surface area contributed by atoms with Crippen molar-refractivity contribution in [2.75, 3.05) is 26.3 Å². The molecule has 0 saturated carbocycles. The lowest BCUT2D eigenvalue weighted by Gasteiger charge is -2.31. The zero-order chi connectivity index (χ0) is 12.8. The second-order valence-corrected chi connectivity index (χ2v) is 5.97. The Hall–Kier alpha value is -0.410. The monoisotopic (exact) mass is 253 g/mol. The highest BCUT2D eigenvalue weighted by Crippen LogP contribution is 2.23. The Morgan fingerprint density at radius 2 is 2.00 bits per heavy atom. The van der Waals surface area contributed by atoms with Crippen molar-refractivity contribution in [3.8, 4) is 0 Å². The standard InChI is InChI=1S/C15H27NO2/c1-12(14-10-16-11-14)15(17)5-3-2-4-13-6-8-18-9-7-13/h12-14,16H,2-11H2,1H3. The third-order valence-corrected chi connectivity index (χ3v) is 4.65. The van der Waals surface area contributed by atoms with Gasteiger partial charge in [-0.1, -0.05) is 19.8 Å². The molecular weight excluding hydrogens is 226 g/mol. The van der Waals surface area contributed by atoms with Gasteiger partial charge in [-0.25, -0.2) is 0 Å². The number of ketones is 1. The van der Waals surface area contributed by atoms with E-state index in [1.165, 1.54) is 25.7 Å². The van der Waals surface area contributed by atoms with E-state index < -0.39 is 0 Å². The summed E-state index contributed by atoms with van der Waals surface area (Å²) in [6, 6.07) is 0. The molecule has 3 heteroatoms. The van der Waals surface area contributed by atoms with Gasteiger partial charge in [0.25, 0.3) is 0 Å². The Balaban J connectivity index is 1.52. The number of carbonyl (C=O) groups excluding carboxylic acids is 1. The van der Waals surface area contributed by atoms with Crippen LogP contribution in [0.3, 0.4) is 0 Å². The average molecular weight is 253 g/mol. The van der Waals surface area contributed by atoms with Crippen molar-refractivity contribution in [2.24, 2.45) is 17.8 Å². The van der Waals surface area contributed by atoms with Crippen LogP contribution in [-0.4, -0.2) is 32.1 Å². The summed E-state index contributed by atoms with van der Waals surface area (Å²) in [6.45, 7) is 6.06. The van der Waals surface area contributed by atoms with Gasteiger partial charge in [0.2, 0.25) is 0 Å². The molecule has 0 aliphatic carbocycles. The second-order valence-electron chi connectivity index (χ2n) is 5.97. The fourth-order valence-corrected chi connectivity index (χ4v) is 2.92. The summed E-state index contributed by atoms with van der Waals surface area (Å²) in [4.78, 5) is 12.0. The van der Waals surface area contributed by atoms with Gasteiger partial charge in [-0.05, 0) is 44.2 Å². The van der Waals surface area contributed by atoms with Crippen LogP contribution in [0.15, 0.2) is 0 Å². The first kappa shape index (κ1) is 14.0. The largest absolute Gasteiger partial charge is 0.381 e. The van der Waals surface area contributed by atoms with Crippen molar-refractivity contribution in [2.45, 2.75) is 45.4 Å². The summed E-state index contributed by atoms with van der Waals surface area (Å²) in [5.74, 6) is 2.21. The Kier molecular flexibility index (Phi) is 5.64. The Bertz CT molecular complexity index is 257. The maximum absolute atomic E-state index is 12.0. The molecule has 2 fully saturated rings. The number of hydrogen-bond donors (Lipinski definition) is 1. The predicted octanol–water partition coefficient (Wildman–Crippen LogP) is 2.40. The first-order valence-electron chi connectivity index (χ1n) is 7.58. The second kappa shape index (κ2) is 7.25. The molecule has 0 aromatic carbocycles. The normalized spacial score (nSPS) is 23.6. The zero-order valence-electron chi connectivity index (χ0n) is 11.6. The van der Waals surface area contributed by atoms with Gasteiger partial charge in [-0.2, -0.15) is 0 Å². The number of ether oxygens (including phenoxy) is 1. The molecule has 2 heterocycles. The minimum absolute atomic E-state index is 0.273. The summed E-state index contributed by atoms with van der Waals surface area (Å²) in [6.07, 6.45) is 6.82. The van der Waals surface area contributed by atoms with Crippen molar-refractivity contribution in [1.82, 2.24) is 5.32 Å². The molecule has 0 spiro atoms. The van der Waals surface area contributed by atoms with Gasteiger partial charge in [0.1, 0.15) is 5.78 Å². The minimum atomic E-state index is 0.273. The van der Waals surface area contributed by atoms with Gasteiger partial charge in [0.05, 0.1) is 0 Å². The van der Waals surface area contributed by atoms with Crippen molar-refractivity contribution in [1.29, 1.82) is 0 Å². The number of rotatable bonds is 7. The van der Waals surface area contributed by atoms with Crippen molar-refractivity contribution in [3.63, 3.8) is 0 Å². The van der Waals surface area contributed by atoms with E-state index in [0.29, 0.717) is 11.7 Å². The number of carbonyl (C=O) groups is 1. The van der Waals surface area contributed by atoms with Crippen LogP contribution in [0.5, 0.6) is 0 Å². The van der Waals surface area contributed by atoms with Crippen LogP contribution in [-0.2, 0) is 9.53 Å². The van der Waals surface area contributed by atoms with E-state index in [4.69, 9.17) is 4.74 Å². The van der Waals surface area contributed by atoms with E-state index in [2.05, 4.69) is 12.2 Å². The smallest absolute Gasteiger partial charge is 0.136 e. The maximum atomic E-state index is 12.0. The first-order chi connectivity index (χ1) is 8.77. The number of Topliss-reactive ketones (excluding diaryl/α,β-unsaturated/α-hetero) is 1. The minimum Gasteiger partial charge on any atom is -0.381 e. The van der Waals surface area contributed by atoms with Crippen molar-refractivity contribution < 1.29 is 9.53 Å². The van der Waals surface area contributed by atoms with E-state index in [-0.39, 0.29) is 5.92 Å². The van der Waals surface area contributed by atoms with Crippen LogP contribution in [0.25, 0.3) is 0 Å². The van der Waals surface area contributed by atoms with Gasteiger partial charge in [-0.3, -0.25) is 4.79 Å². The molecule has 3 nitrogen and oxygen atoms in total. The highest BCUT2D eigenvalue weighted by Gasteiger charge is 2.27. The molecule has 1 atom stereocenters. The molecule has 0 bridgehead atoms. The molecule has 104 valence electrons. The summed E-state index contributed by atoms with van der Waals surface area (Å²) < 4.78 is 5.36. The van der Waals surface area contributed by atoms with Crippen molar-refractivity contribution in [3.05, 3.63) is 0 Å². The van der Waals surface area contributed by atoms with E-state index in [9.17, 15) is 4.79 Å². The summed E-state index contributed by atoms with van der Waals surface area (Å²) in [5, 5.41) is 3.24. The van der Waals surface area contributed by atoms with Crippen LogP contribution in [0.1, 0.15) is 45.4 Å². The third kappa shape index (κ3) is 4.06. The number of unbranched alkanes of at least 4 members (excludes halogenated alkanes) is 1. The van der Waals surface area contributed by atoms with Gasteiger partial charge in [0, 0.05) is 25.6 Å². The molecule has 0 aromatic rings. The molecule has 1 unspecified atom stereocenters. The lowest BCUT2D eigenvalue weighted by atomic mass is 9.84. The quantitative estimate of drug-likeness (QED) is 0.708. The van der Waals surface area contributed by atoms with Crippen LogP contribution in [0.2, 0.25) is 0 Å². The lowest BCUT2D eigenvalue weighted by Crippen LogP contribution is -2.47. The molecule has 2 aliphatic rings. The van der Waals surface area contributed by atoms with Gasteiger partial charge in [0.15, 0.2) is 0 Å². The van der Waals surface area contributed by atoms with Gasteiger partial charge in [-0.15, -0.1) is 0 Å². The summed E-state index contributed by atoms with van der Waals surface area (Å²) in [5.41, 5.74) is 0. The maximum Gasteiger partial charge on any atom is 0.136 e. The number of hydrogen-bond acceptors (Lipinski definition) is 3. The fraction of sp³-hybridized carbons (Fsp3) is 0.933. The van der Waals surface area contributed by atoms with Gasteiger partial charge >= 0.3 is 0 Å². The molecule has 2 aliphatic heterocycles. The number of nitrogens with one attached hydrogen (secondary N) is 1. The Morgan fingerprint density at radius 1 is 1.28 bits per heavy atom. The van der Waals surface area contributed by atoms with E-state index in [1.807, 2.05) is 0 Å². The van der Waals surface area contributed by atoms with Crippen LogP contribution in [0, 0.1) is 17.8 Å². The van der Waals surface area contributed by atoms with Crippen LogP contribution < -0.4 is 5.32 Å². The molecule has 0 amide bonds. The molecular formula is C15H27NO2. The van der Waals surface area contributed by atoms with Crippen molar-refractivity contribution >= 4 is 5.78 Å². The SMILES string of the molecule is CC(C(=O)CCCCC1CCOCC1)C1CNC1. The molecule has 0 aromatic heterocycles. The van der Waals surface area contributed by atoms with Gasteiger partial charge < -0.3 is 10.1 Å². The molecule has 0 radical (unpaired) electrons. The molecule has 18 heavy (non-hydrogen) atoms. The molecule has 1 N–H and O–H groups in total. The van der Waals surface area contributed by atoms with Crippen LogP contribution >= 0.6 is 0 Å². The molecule has 2 rings (SSSR count). The topological polar surface area (TPSA) is 38.3 Å². The first-order valence-corrected chi connectivity index (χ1v) is 7.58. The Labute approximate surface area is 111 Å². The average Bonchev–Trinajstić information content (AvgIpc) is 2.33. The van der Waals surface area contributed by atoms with E-state index in [1.54, 1.807) is 0 Å². The van der Waals surface area contributed by atoms with E-state index >= 15 is 0 Å². The predicted molar refractivity (Wildman–Crippen MR) is 72.5 cm³/mol. The highest BCUT2D eigenvalue weighted by molar-refractivity contribution is 5.81. The summed E-state index contributed by atoms with van der Waals surface area (Å²) >= 11 is 0.